The summed E-state index contributed by atoms with van der Waals surface area (Å²) in [5.74, 6) is 1.37. The zero-order chi connectivity index (χ0) is 17.0. The van der Waals surface area contributed by atoms with Crippen molar-refractivity contribution in [1.82, 2.24) is 10.2 Å². The van der Waals surface area contributed by atoms with Gasteiger partial charge in [-0.15, -0.1) is 0 Å². The van der Waals surface area contributed by atoms with Crippen LogP contribution in [0.15, 0.2) is 18.2 Å². The van der Waals surface area contributed by atoms with Crippen LogP contribution in [0, 0.1) is 5.41 Å². The van der Waals surface area contributed by atoms with E-state index in [-0.39, 0.29) is 25.0 Å². The van der Waals surface area contributed by atoms with Gasteiger partial charge in [-0.3, -0.25) is 9.59 Å². The Bertz CT molecular complexity index is 593. The third-order valence-corrected chi connectivity index (χ3v) is 3.59. The Kier molecular flexibility index (Phi) is 5.13. The number of carbonyl (C=O) groups is 2. The fraction of sp³-hybridized carbons (Fsp3) is 0.529. The lowest BCUT2D eigenvalue weighted by atomic mass is 9.96. The van der Waals surface area contributed by atoms with Gasteiger partial charge < -0.3 is 19.7 Å². The molecule has 6 nitrogen and oxygen atoms in total. The normalized spacial score (nSPS) is 12.9. The Labute approximate surface area is 136 Å². The van der Waals surface area contributed by atoms with Crippen LogP contribution in [0.5, 0.6) is 11.5 Å². The van der Waals surface area contributed by atoms with Crippen LogP contribution in [-0.2, 0) is 16.1 Å². The lowest BCUT2D eigenvalue weighted by Gasteiger charge is -2.20. The van der Waals surface area contributed by atoms with E-state index in [1.54, 1.807) is 11.9 Å². The van der Waals surface area contributed by atoms with E-state index >= 15 is 0 Å². The molecule has 0 saturated carbocycles. The molecular formula is C17H24N2O4. The van der Waals surface area contributed by atoms with Gasteiger partial charge in [0.25, 0.3) is 0 Å². The van der Waals surface area contributed by atoms with Gasteiger partial charge in [0.1, 0.15) is 0 Å². The largest absolute Gasteiger partial charge is 0.454 e. The number of fused-ring (bicyclic) bond motifs is 1. The maximum absolute atomic E-state index is 12.1. The first-order chi connectivity index (χ1) is 10.8. The van der Waals surface area contributed by atoms with Gasteiger partial charge >= 0.3 is 0 Å². The first-order valence-corrected chi connectivity index (χ1v) is 7.68. The van der Waals surface area contributed by atoms with E-state index in [2.05, 4.69) is 5.32 Å². The molecule has 0 atom stereocenters. The van der Waals surface area contributed by atoms with Gasteiger partial charge in [0, 0.05) is 32.0 Å². The lowest BCUT2D eigenvalue weighted by Crippen LogP contribution is -2.37. The molecular weight excluding hydrogens is 296 g/mol. The van der Waals surface area contributed by atoms with Crippen LogP contribution < -0.4 is 14.8 Å². The predicted molar refractivity (Wildman–Crippen MR) is 86.1 cm³/mol. The highest BCUT2D eigenvalue weighted by Crippen LogP contribution is 2.32. The number of nitrogens with one attached hydrogen (secondary N) is 1. The SMILES string of the molecule is CN(Cc1ccc2c(c1)OCO2)C(=O)CCNC(=O)C(C)(C)C. The average molecular weight is 320 g/mol. The van der Waals surface area contributed by atoms with Crippen molar-refractivity contribution in [2.24, 2.45) is 5.41 Å². The lowest BCUT2D eigenvalue weighted by molar-refractivity contribution is -0.131. The number of amides is 2. The minimum atomic E-state index is -0.443. The van der Waals surface area contributed by atoms with Gasteiger partial charge in [0.05, 0.1) is 0 Å². The van der Waals surface area contributed by atoms with E-state index < -0.39 is 5.41 Å². The van der Waals surface area contributed by atoms with Crippen molar-refractivity contribution in [2.45, 2.75) is 33.7 Å². The Morgan fingerprint density at radius 2 is 1.91 bits per heavy atom. The average Bonchev–Trinajstić information content (AvgIpc) is 2.93. The predicted octanol–water partition coefficient (Wildman–Crippen LogP) is 1.93. The third kappa shape index (κ3) is 4.61. The summed E-state index contributed by atoms with van der Waals surface area (Å²) in [6.45, 7) is 6.60. The Balaban J connectivity index is 1.80. The summed E-state index contributed by atoms with van der Waals surface area (Å²) < 4.78 is 10.6. The van der Waals surface area contributed by atoms with Crippen LogP contribution in [0.1, 0.15) is 32.8 Å². The summed E-state index contributed by atoms with van der Waals surface area (Å²) in [7, 11) is 1.75. The first-order valence-electron chi connectivity index (χ1n) is 7.68. The van der Waals surface area contributed by atoms with Crippen LogP contribution in [0.3, 0.4) is 0 Å². The maximum atomic E-state index is 12.1. The van der Waals surface area contributed by atoms with E-state index in [4.69, 9.17) is 9.47 Å². The molecule has 23 heavy (non-hydrogen) atoms. The summed E-state index contributed by atoms with van der Waals surface area (Å²) in [4.78, 5) is 25.5. The van der Waals surface area contributed by atoms with E-state index in [9.17, 15) is 9.59 Å². The van der Waals surface area contributed by atoms with Gasteiger partial charge in [0.2, 0.25) is 18.6 Å². The molecule has 6 heteroatoms. The number of ether oxygens (including phenoxy) is 2. The van der Waals surface area contributed by atoms with Crippen molar-refractivity contribution in [3.05, 3.63) is 23.8 Å². The van der Waals surface area contributed by atoms with E-state index in [0.29, 0.717) is 18.8 Å². The Morgan fingerprint density at radius 3 is 2.61 bits per heavy atom. The monoisotopic (exact) mass is 320 g/mol. The molecule has 1 aliphatic rings. The summed E-state index contributed by atoms with van der Waals surface area (Å²) in [5.41, 5.74) is 0.533. The number of hydrogen-bond donors (Lipinski definition) is 1. The zero-order valence-corrected chi connectivity index (χ0v) is 14.1. The van der Waals surface area contributed by atoms with E-state index in [1.165, 1.54) is 0 Å². The molecule has 1 N–H and O–H groups in total. The fourth-order valence-corrected chi connectivity index (χ4v) is 2.14. The molecule has 0 unspecified atom stereocenters. The van der Waals surface area contributed by atoms with Gasteiger partial charge in [-0.2, -0.15) is 0 Å². The summed E-state index contributed by atoms with van der Waals surface area (Å²) in [5, 5.41) is 2.78. The molecule has 0 aliphatic carbocycles. The first kappa shape index (κ1) is 17.1. The minimum absolute atomic E-state index is 0.0168. The van der Waals surface area contributed by atoms with Crippen LogP contribution in [0.25, 0.3) is 0 Å². The molecule has 1 aliphatic heterocycles. The highest BCUT2D eigenvalue weighted by Gasteiger charge is 2.21. The quantitative estimate of drug-likeness (QED) is 0.900. The molecule has 0 spiro atoms. The fourth-order valence-electron chi connectivity index (χ4n) is 2.14. The molecule has 0 bridgehead atoms. The molecule has 2 amide bonds. The van der Waals surface area contributed by atoms with Crippen LogP contribution in [-0.4, -0.2) is 37.1 Å². The number of benzene rings is 1. The second-order valence-corrected chi connectivity index (χ2v) is 6.69. The number of hydrogen-bond acceptors (Lipinski definition) is 4. The zero-order valence-electron chi connectivity index (χ0n) is 14.1. The maximum Gasteiger partial charge on any atom is 0.231 e. The second kappa shape index (κ2) is 6.89. The molecule has 0 aromatic heterocycles. The molecule has 1 heterocycles. The van der Waals surface area contributed by atoms with Gasteiger partial charge in [0.15, 0.2) is 11.5 Å². The number of carbonyl (C=O) groups excluding carboxylic acids is 2. The summed E-state index contributed by atoms with van der Waals surface area (Å²) in [6, 6.07) is 5.64. The number of rotatable bonds is 5. The van der Waals surface area contributed by atoms with Crippen LogP contribution in [0.2, 0.25) is 0 Å². The highest BCUT2D eigenvalue weighted by atomic mass is 16.7. The molecule has 126 valence electrons. The van der Waals surface area contributed by atoms with Gasteiger partial charge in [-0.25, -0.2) is 0 Å². The summed E-state index contributed by atoms with van der Waals surface area (Å²) in [6.07, 6.45) is 0.281. The van der Waals surface area contributed by atoms with E-state index in [0.717, 1.165) is 11.3 Å². The molecule has 0 radical (unpaired) electrons. The molecule has 2 rings (SSSR count). The second-order valence-electron chi connectivity index (χ2n) is 6.69. The molecule has 1 aromatic rings. The van der Waals surface area contributed by atoms with Gasteiger partial charge in [-0.1, -0.05) is 26.8 Å². The smallest absolute Gasteiger partial charge is 0.231 e. The van der Waals surface area contributed by atoms with Crippen molar-refractivity contribution in [2.75, 3.05) is 20.4 Å². The molecule has 1 aromatic carbocycles. The third-order valence-electron chi connectivity index (χ3n) is 3.59. The molecule has 0 saturated heterocycles. The standard InChI is InChI=1S/C17H24N2O4/c1-17(2,3)16(21)18-8-7-15(20)19(4)10-12-5-6-13-14(9-12)23-11-22-13/h5-6,9H,7-8,10-11H2,1-4H3,(H,18,21). The minimum Gasteiger partial charge on any atom is -0.454 e. The Morgan fingerprint density at radius 1 is 1.22 bits per heavy atom. The van der Waals surface area contributed by atoms with Crippen LogP contribution >= 0.6 is 0 Å². The Hall–Kier alpha value is -2.24. The van der Waals surface area contributed by atoms with Crippen molar-refractivity contribution in [3.8, 4) is 11.5 Å². The number of nitrogens with zero attached hydrogens (tertiary/aromatic N) is 1. The van der Waals surface area contributed by atoms with Crippen LogP contribution in [0.4, 0.5) is 0 Å². The highest BCUT2D eigenvalue weighted by molar-refractivity contribution is 5.82. The molecule has 0 fully saturated rings. The van der Waals surface area contributed by atoms with Crippen molar-refractivity contribution in [1.29, 1.82) is 0 Å². The topological polar surface area (TPSA) is 67.9 Å². The van der Waals surface area contributed by atoms with Crippen molar-refractivity contribution in [3.63, 3.8) is 0 Å². The van der Waals surface area contributed by atoms with Crippen molar-refractivity contribution >= 4 is 11.8 Å². The van der Waals surface area contributed by atoms with Gasteiger partial charge in [-0.05, 0) is 17.7 Å². The summed E-state index contributed by atoms with van der Waals surface area (Å²) >= 11 is 0. The van der Waals surface area contributed by atoms with E-state index in [1.807, 2.05) is 39.0 Å². The van der Waals surface area contributed by atoms with Crippen molar-refractivity contribution < 1.29 is 19.1 Å².